The first-order valence-electron chi connectivity index (χ1n) is 3.54. The summed E-state index contributed by atoms with van der Waals surface area (Å²) in [6, 6.07) is 0. The fourth-order valence-corrected chi connectivity index (χ4v) is 3.41. The molecule has 0 spiro atoms. The molecule has 0 unspecified atom stereocenters. The van der Waals surface area contributed by atoms with Crippen LogP contribution in [0.3, 0.4) is 0 Å². The van der Waals surface area contributed by atoms with Gasteiger partial charge in [0.2, 0.25) is 0 Å². The molecular formula is C3H6CoK4NO9P3-. The first-order valence-corrected chi connectivity index (χ1v) is 8.72. The molecule has 21 heavy (non-hydrogen) atoms. The van der Waals surface area contributed by atoms with Crippen LogP contribution < -0.4 is 184 Å². The molecule has 0 aromatic carbocycles. The smallest absolute Gasteiger partial charge is 0.810 e. The molecule has 0 aromatic heterocycles. The van der Waals surface area contributed by atoms with Crippen LogP contribution in [0.1, 0.15) is 0 Å². The molecular weight excluding hydrogens is 502 g/mol. The molecule has 106 valence electrons. The summed E-state index contributed by atoms with van der Waals surface area (Å²) in [7, 11) is -15.8. The van der Waals surface area contributed by atoms with Crippen molar-refractivity contribution < 1.29 is 214 Å². The third kappa shape index (κ3) is 35.3. The van der Waals surface area contributed by atoms with E-state index in [2.05, 4.69) is 0 Å². The van der Waals surface area contributed by atoms with Crippen LogP contribution in [0.4, 0.5) is 0 Å². The van der Waals surface area contributed by atoms with Gasteiger partial charge in [-0.25, -0.2) is 0 Å². The van der Waals surface area contributed by atoms with E-state index in [-0.39, 0.29) is 227 Å². The SMILES string of the molecule is O=P([O-])([O-])CN(CP(=O)([O-])[O-])CP(=O)([O-])[O-].[Co+2].[K+].[K+].[K+].[K]. The number of rotatable bonds is 6. The monoisotopic (exact) mass is 508 g/mol. The third-order valence-corrected chi connectivity index (χ3v) is 3.36. The Morgan fingerprint density at radius 1 is 0.619 bits per heavy atom. The first kappa shape index (κ1) is 42.5. The van der Waals surface area contributed by atoms with Crippen LogP contribution in [0.15, 0.2) is 0 Å². The van der Waals surface area contributed by atoms with Gasteiger partial charge in [0.1, 0.15) is 0 Å². The van der Waals surface area contributed by atoms with Crippen LogP contribution in [0.2, 0.25) is 0 Å². The van der Waals surface area contributed by atoms with Gasteiger partial charge in [-0.3, -0.25) is 4.90 Å². The van der Waals surface area contributed by atoms with Crippen molar-refractivity contribution in [2.24, 2.45) is 0 Å². The van der Waals surface area contributed by atoms with Gasteiger partial charge < -0.3 is 43.1 Å². The molecule has 0 bridgehead atoms. The van der Waals surface area contributed by atoms with E-state index in [4.69, 9.17) is 0 Å². The van der Waals surface area contributed by atoms with Crippen molar-refractivity contribution in [3.8, 4) is 0 Å². The molecule has 0 aromatic rings. The molecule has 0 aliphatic carbocycles. The molecule has 0 fully saturated rings. The van der Waals surface area contributed by atoms with Crippen molar-refractivity contribution in [1.29, 1.82) is 0 Å². The van der Waals surface area contributed by atoms with E-state index in [0.717, 1.165) is 0 Å². The minimum Gasteiger partial charge on any atom is -0.810 e. The van der Waals surface area contributed by atoms with E-state index in [1.165, 1.54) is 0 Å². The van der Waals surface area contributed by atoms with E-state index in [1.54, 1.807) is 0 Å². The summed E-state index contributed by atoms with van der Waals surface area (Å²) < 4.78 is 30.8. The predicted molar refractivity (Wildman–Crippen MR) is 45.0 cm³/mol. The van der Waals surface area contributed by atoms with E-state index >= 15 is 0 Å². The van der Waals surface area contributed by atoms with Gasteiger partial charge in [0.25, 0.3) is 0 Å². The second-order valence-electron chi connectivity index (χ2n) is 2.93. The van der Waals surface area contributed by atoms with Crippen molar-refractivity contribution in [2.45, 2.75) is 0 Å². The molecule has 0 saturated heterocycles. The average Bonchev–Trinajstić information content (AvgIpc) is 1.70. The van der Waals surface area contributed by atoms with Crippen molar-refractivity contribution >= 4 is 74.2 Å². The molecule has 0 aliphatic rings. The Kier molecular flexibility index (Phi) is 39.4. The molecule has 0 atom stereocenters. The summed E-state index contributed by atoms with van der Waals surface area (Å²) in [4.78, 5) is 61.5. The van der Waals surface area contributed by atoms with Crippen LogP contribution >= 0.6 is 22.8 Å². The maximum absolute atomic E-state index is 10.3. The van der Waals surface area contributed by atoms with Crippen LogP contribution in [-0.4, -0.2) is 75.1 Å². The summed E-state index contributed by atoms with van der Waals surface area (Å²) in [5.41, 5.74) is 0. The fourth-order valence-electron chi connectivity index (χ4n) is 0.869. The second-order valence-corrected chi connectivity index (χ2v) is 7.44. The van der Waals surface area contributed by atoms with E-state index < -0.39 is 41.6 Å². The first-order chi connectivity index (χ1) is 6.79. The Hall–Kier alpha value is 7.46. The predicted octanol–water partition coefficient (Wildman–Crippen LogP) is -14.5. The Bertz CT molecular complexity index is 325. The van der Waals surface area contributed by atoms with Crippen molar-refractivity contribution in [2.75, 3.05) is 18.9 Å². The normalized spacial score (nSPS) is 11.0. The van der Waals surface area contributed by atoms with Crippen LogP contribution in [0.5, 0.6) is 0 Å². The van der Waals surface area contributed by atoms with Crippen LogP contribution in [0, 0.1) is 0 Å². The van der Waals surface area contributed by atoms with E-state index in [1.807, 2.05) is 0 Å². The zero-order valence-corrected chi connectivity index (χ0v) is 28.1. The molecule has 0 saturated carbocycles. The van der Waals surface area contributed by atoms with Gasteiger partial charge >= 0.3 is 171 Å². The Labute approximate surface area is 302 Å². The maximum Gasteiger partial charge on any atom is 2.00 e. The van der Waals surface area contributed by atoms with Crippen molar-refractivity contribution in [3.63, 3.8) is 0 Å². The van der Waals surface area contributed by atoms with E-state index in [0.29, 0.717) is 0 Å². The summed E-state index contributed by atoms with van der Waals surface area (Å²) >= 11 is 0. The Balaban J connectivity index is -0.000000112. The zero-order chi connectivity index (χ0) is 13.2. The quantitative estimate of drug-likeness (QED) is 0.246. The molecule has 0 amide bonds. The van der Waals surface area contributed by atoms with Gasteiger partial charge in [0.05, 0.1) is 0 Å². The summed E-state index contributed by atoms with van der Waals surface area (Å²) in [5, 5.41) is 0. The molecule has 0 heterocycles. The fraction of sp³-hybridized carbons (Fsp3) is 1.00. The van der Waals surface area contributed by atoms with Gasteiger partial charge in [0.15, 0.2) is 0 Å². The number of hydrogen-bond donors (Lipinski definition) is 0. The van der Waals surface area contributed by atoms with Gasteiger partial charge in [-0.2, -0.15) is 0 Å². The van der Waals surface area contributed by atoms with Gasteiger partial charge in [-0.05, 0) is 0 Å². The largest absolute Gasteiger partial charge is 2.00 e. The topological polar surface area (TPSA) is 193 Å². The third-order valence-electron chi connectivity index (χ3n) is 1.12. The van der Waals surface area contributed by atoms with Gasteiger partial charge in [-0.15, -0.1) is 0 Å². The summed E-state index contributed by atoms with van der Waals surface area (Å²) in [6.07, 6.45) is -4.55. The Morgan fingerprint density at radius 2 is 0.762 bits per heavy atom. The maximum atomic E-state index is 10.3. The van der Waals surface area contributed by atoms with Crippen LogP contribution in [0.25, 0.3) is 0 Å². The van der Waals surface area contributed by atoms with Gasteiger partial charge in [-0.1, -0.05) is 22.8 Å². The van der Waals surface area contributed by atoms with Crippen molar-refractivity contribution in [3.05, 3.63) is 0 Å². The molecule has 2 radical (unpaired) electrons. The molecule has 0 aliphatic heterocycles. The number of hydrogen-bond acceptors (Lipinski definition) is 10. The minimum absolute atomic E-state index is 0. The second kappa shape index (κ2) is 19.4. The van der Waals surface area contributed by atoms with Crippen molar-refractivity contribution in [1.82, 2.24) is 4.90 Å². The zero-order valence-electron chi connectivity index (χ0n) is 11.9. The minimum atomic E-state index is -5.27. The van der Waals surface area contributed by atoms with Crippen LogP contribution in [-0.2, 0) is 30.5 Å². The summed E-state index contributed by atoms with van der Waals surface area (Å²) in [6.45, 7) is 0. The number of nitrogens with zero attached hydrogens (tertiary/aromatic N) is 1. The standard InChI is InChI=1S/C3H12NO9P3.Co.4K/c5-14(6,7)1-4(2-15(8,9)10)3-16(11,12)13;;;;;/h1-3H2,(H2,5,6,7)(H2,8,9,10)(H2,11,12,13);;;;;/q;+2;;3*+1/p-6. The molecule has 18 heteroatoms. The molecule has 10 nitrogen and oxygen atoms in total. The summed E-state index contributed by atoms with van der Waals surface area (Å²) in [5.74, 6) is 0. The molecule has 0 rings (SSSR count). The Morgan fingerprint density at radius 3 is 0.857 bits per heavy atom. The van der Waals surface area contributed by atoms with Gasteiger partial charge in [0, 0.05) is 70.2 Å². The average molecular weight is 508 g/mol. The molecule has 0 N–H and O–H groups in total. The van der Waals surface area contributed by atoms with E-state index in [9.17, 15) is 43.1 Å².